The van der Waals surface area contributed by atoms with Crippen LogP contribution in [0.3, 0.4) is 0 Å². The molecule has 1 heterocycles. The summed E-state index contributed by atoms with van der Waals surface area (Å²) in [6, 6.07) is -0.482. The van der Waals surface area contributed by atoms with Gasteiger partial charge in [-0.1, -0.05) is 19.0 Å². The van der Waals surface area contributed by atoms with Crippen LogP contribution in [0.15, 0.2) is 17.0 Å². The van der Waals surface area contributed by atoms with Gasteiger partial charge < -0.3 is 15.6 Å². The van der Waals surface area contributed by atoms with Gasteiger partial charge >= 0.3 is 0 Å². The van der Waals surface area contributed by atoms with Crippen LogP contribution in [0.25, 0.3) is 0 Å². The Morgan fingerprint density at radius 2 is 2.43 bits per heavy atom. The minimum Gasteiger partial charge on any atom is -0.363 e. The van der Waals surface area contributed by atoms with E-state index in [0.29, 0.717) is 18.0 Å². The van der Waals surface area contributed by atoms with Gasteiger partial charge in [0.1, 0.15) is 12.0 Å². The van der Waals surface area contributed by atoms with E-state index in [9.17, 15) is 4.79 Å². The van der Waals surface area contributed by atoms with Crippen LogP contribution in [-0.2, 0) is 4.79 Å². The van der Waals surface area contributed by atoms with E-state index >= 15 is 0 Å². The number of nitrogens with zero attached hydrogens (tertiary/aromatic N) is 1. The van der Waals surface area contributed by atoms with Crippen molar-refractivity contribution in [2.75, 3.05) is 5.32 Å². The first-order chi connectivity index (χ1) is 6.59. The normalized spacial score (nSPS) is 12.9. The zero-order valence-electron chi connectivity index (χ0n) is 8.36. The van der Waals surface area contributed by atoms with Crippen molar-refractivity contribution in [3.05, 3.63) is 12.5 Å². The largest absolute Gasteiger partial charge is 0.363 e. The summed E-state index contributed by atoms with van der Waals surface area (Å²) in [5.74, 6) is 0.195. The number of hydrogen-bond donors (Lipinski definition) is 2. The number of carbonyl (C=O) groups excluding carboxylic acids is 1. The Kier molecular flexibility index (Phi) is 3.64. The van der Waals surface area contributed by atoms with E-state index in [4.69, 9.17) is 5.73 Å². The summed E-state index contributed by atoms with van der Waals surface area (Å²) >= 11 is 0. The Bertz CT molecular complexity index is 282. The van der Waals surface area contributed by atoms with Crippen LogP contribution in [0, 0.1) is 5.92 Å². The van der Waals surface area contributed by atoms with Crippen LogP contribution in [0.5, 0.6) is 0 Å². The molecule has 0 saturated heterocycles. The molecule has 1 amide bonds. The topological polar surface area (TPSA) is 81.2 Å². The lowest BCUT2D eigenvalue weighted by Gasteiger charge is -2.12. The highest BCUT2D eigenvalue weighted by molar-refractivity contribution is 5.94. The van der Waals surface area contributed by atoms with Crippen molar-refractivity contribution >= 4 is 11.6 Å². The third-order valence-corrected chi connectivity index (χ3v) is 1.76. The Morgan fingerprint density at radius 3 is 2.93 bits per heavy atom. The molecule has 0 fully saturated rings. The minimum atomic E-state index is -0.482. The molecule has 0 radical (unpaired) electrons. The summed E-state index contributed by atoms with van der Waals surface area (Å²) in [5.41, 5.74) is 6.21. The number of aromatic nitrogens is 1. The molecule has 0 aromatic carbocycles. The van der Waals surface area contributed by atoms with E-state index in [-0.39, 0.29) is 5.91 Å². The van der Waals surface area contributed by atoms with E-state index in [1.165, 1.54) is 12.5 Å². The van der Waals surface area contributed by atoms with Crippen molar-refractivity contribution in [2.45, 2.75) is 26.3 Å². The second kappa shape index (κ2) is 4.76. The zero-order valence-corrected chi connectivity index (χ0v) is 8.36. The van der Waals surface area contributed by atoms with E-state index in [1.807, 2.05) is 13.8 Å². The molecule has 1 atom stereocenters. The fraction of sp³-hybridized carbons (Fsp3) is 0.556. The van der Waals surface area contributed by atoms with E-state index in [2.05, 4.69) is 15.0 Å². The molecule has 5 heteroatoms. The molecule has 0 saturated carbocycles. The number of anilines is 1. The van der Waals surface area contributed by atoms with Gasteiger partial charge in [0, 0.05) is 0 Å². The fourth-order valence-electron chi connectivity index (χ4n) is 1.12. The Labute approximate surface area is 82.6 Å². The standard InChI is InChI=1S/C9H15N3O2/c1-6(2)3-8(10)9(13)12-7-4-11-14-5-7/h4-6,8H,3,10H2,1-2H3,(H,12,13)/t8-/m1/s1. The van der Waals surface area contributed by atoms with Crippen molar-refractivity contribution in [2.24, 2.45) is 11.7 Å². The van der Waals surface area contributed by atoms with Gasteiger partial charge in [0.15, 0.2) is 0 Å². The van der Waals surface area contributed by atoms with Crippen molar-refractivity contribution in [1.82, 2.24) is 5.16 Å². The monoisotopic (exact) mass is 197 g/mol. The zero-order chi connectivity index (χ0) is 10.6. The SMILES string of the molecule is CC(C)C[C@@H](N)C(=O)Nc1cnoc1. The van der Waals surface area contributed by atoms with Gasteiger partial charge in [0.25, 0.3) is 0 Å². The van der Waals surface area contributed by atoms with Crippen LogP contribution in [0.2, 0.25) is 0 Å². The van der Waals surface area contributed by atoms with Crippen molar-refractivity contribution < 1.29 is 9.32 Å². The maximum atomic E-state index is 11.4. The van der Waals surface area contributed by atoms with Gasteiger partial charge in [-0.05, 0) is 12.3 Å². The Hall–Kier alpha value is -1.36. The van der Waals surface area contributed by atoms with Gasteiger partial charge in [0.2, 0.25) is 5.91 Å². The smallest absolute Gasteiger partial charge is 0.241 e. The number of rotatable bonds is 4. The quantitative estimate of drug-likeness (QED) is 0.754. The third-order valence-electron chi connectivity index (χ3n) is 1.76. The van der Waals surface area contributed by atoms with Gasteiger partial charge in [0.05, 0.1) is 12.2 Å². The molecule has 78 valence electrons. The first kappa shape index (κ1) is 10.7. The highest BCUT2D eigenvalue weighted by Gasteiger charge is 2.15. The maximum absolute atomic E-state index is 11.4. The lowest BCUT2D eigenvalue weighted by molar-refractivity contribution is -0.117. The highest BCUT2D eigenvalue weighted by Crippen LogP contribution is 2.07. The molecule has 0 aliphatic carbocycles. The number of nitrogens with two attached hydrogens (primary N) is 1. The van der Waals surface area contributed by atoms with E-state index in [0.717, 1.165) is 0 Å². The van der Waals surface area contributed by atoms with Crippen molar-refractivity contribution in [3.63, 3.8) is 0 Å². The van der Waals surface area contributed by atoms with Gasteiger partial charge in [-0.2, -0.15) is 0 Å². The predicted octanol–water partition coefficient (Wildman–Crippen LogP) is 0.986. The van der Waals surface area contributed by atoms with Crippen molar-refractivity contribution in [3.8, 4) is 0 Å². The average molecular weight is 197 g/mol. The summed E-state index contributed by atoms with van der Waals surface area (Å²) in [7, 11) is 0. The molecule has 1 aromatic rings. The molecule has 0 spiro atoms. The van der Waals surface area contributed by atoms with Crippen LogP contribution in [-0.4, -0.2) is 17.1 Å². The second-order valence-corrected chi connectivity index (χ2v) is 3.64. The highest BCUT2D eigenvalue weighted by atomic mass is 16.5. The van der Waals surface area contributed by atoms with Gasteiger partial charge in [-0.25, -0.2) is 0 Å². The summed E-state index contributed by atoms with van der Waals surface area (Å²) in [5, 5.41) is 6.07. The second-order valence-electron chi connectivity index (χ2n) is 3.64. The molecule has 0 aliphatic rings. The van der Waals surface area contributed by atoms with Crippen molar-refractivity contribution in [1.29, 1.82) is 0 Å². The number of nitrogens with one attached hydrogen (secondary N) is 1. The summed E-state index contributed by atoms with van der Waals surface area (Å²) in [6.45, 7) is 4.04. The average Bonchev–Trinajstić information content (AvgIpc) is 2.55. The van der Waals surface area contributed by atoms with Gasteiger partial charge in [-0.3, -0.25) is 4.79 Å². The lowest BCUT2D eigenvalue weighted by atomic mass is 10.0. The molecule has 0 aliphatic heterocycles. The molecule has 3 N–H and O–H groups in total. The molecular weight excluding hydrogens is 182 g/mol. The molecule has 0 unspecified atom stereocenters. The van der Waals surface area contributed by atoms with Crippen LogP contribution >= 0.6 is 0 Å². The van der Waals surface area contributed by atoms with E-state index < -0.39 is 6.04 Å². The molecule has 14 heavy (non-hydrogen) atoms. The number of amides is 1. The van der Waals surface area contributed by atoms with Crippen LogP contribution in [0.1, 0.15) is 20.3 Å². The molecule has 0 bridgehead atoms. The fourth-order valence-corrected chi connectivity index (χ4v) is 1.12. The number of hydrogen-bond acceptors (Lipinski definition) is 4. The number of carbonyl (C=O) groups is 1. The molecular formula is C9H15N3O2. The van der Waals surface area contributed by atoms with Crippen LogP contribution in [0.4, 0.5) is 5.69 Å². The molecule has 1 rings (SSSR count). The first-order valence-corrected chi connectivity index (χ1v) is 4.55. The molecule has 1 aromatic heterocycles. The minimum absolute atomic E-state index is 0.207. The predicted molar refractivity (Wildman–Crippen MR) is 52.6 cm³/mol. The van der Waals surface area contributed by atoms with Gasteiger partial charge in [-0.15, -0.1) is 0 Å². The first-order valence-electron chi connectivity index (χ1n) is 4.55. The summed E-state index contributed by atoms with van der Waals surface area (Å²) < 4.78 is 4.57. The third kappa shape index (κ3) is 3.18. The van der Waals surface area contributed by atoms with E-state index in [1.54, 1.807) is 0 Å². The lowest BCUT2D eigenvalue weighted by Crippen LogP contribution is -2.36. The Morgan fingerprint density at radius 1 is 1.71 bits per heavy atom. The van der Waals surface area contributed by atoms with Crippen LogP contribution < -0.4 is 11.1 Å². The summed E-state index contributed by atoms with van der Waals surface area (Å²) in [4.78, 5) is 11.4. The maximum Gasteiger partial charge on any atom is 0.241 e. The Balaban J connectivity index is 2.42. The summed E-state index contributed by atoms with van der Waals surface area (Å²) in [6.07, 6.45) is 3.46. The molecule has 5 nitrogen and oxygen atoms in total.